The second-order valence-electron chi connectivity index (χ2n) is 6.38. The van der Waals surface area contributed by atoms with Crippen molar-refractivity contribution in [3.8, 4) is 17.1 Å². The summed E-state index contributed by atoms with van der Waals surface area (Å²) in [6, 6.07) is 19.4. The molecule has 0 fully saturated rings. The number of amides is 1. The molecule has 2 heterocycles. The van der Waals surface area contributed by atoms with E-state index in [-0.39, 0.29) is 17.3 Å². The minimum Gasteiger partial charge on any atom is -0.272 e. The van der Waals surface area contributed by atoms with E-state index in [1.165, 1.54) is 35.2 Å². The van der Waals surface area contributed by atoms with Gasteiger partial charge in [0.1, 0.15) is 0 Å². The molecule has 2 aromatic heterocycles. The molecule has 0 aliphatic heterocycles. The Labute approximate surface area is 191 Å². The van der Waals surface area contributed by atoms with E-state index in [0.717, 1.165) is 10.6 Å². The van der Waals surface area contributed by atoms with E-state index in [1.54, 1.807) is 22.9 Å². The van der Waals surface area contributed by atoms with Crippen LogP contribution in [0.15, 0.2) is 82.4 Å². The van der Waals surface area contributed by atoms with Gasteiger partial charge in [-0.1, -0.05) is 48.2 Å². The second kappa shape index (κ2) is 9.98. The number of nitro benzene ring substituents is 1. The van der Waals surface area contributed by atoms with Crippen molar-refractivity contribution in [1.29, 1.82) is 0 Å². The average Bonchev–Trinajstić information content (AvgIpc) is 3.48. The van der Waals surface area contributed by atoms with Gasteiger partial charge in [-0.05, 0) is 23.6 Å². The Hall–Kier alpha value is -3.83. The van der Waals surface area contributed by atoms with Crippen molar-refractivity contribution in [2.75, 3.05) is 5.75 Å². The molecule has 2 aromatic carbocycles. The number of hydrogen-bond donors (Lipinski definition) is 1. The molecular weight excluding hydrogens is 448 g/mol. The van der Waals surface area contributed by atoms with Crippen LogP contribution in [-0.2, 0) is 4.79 Å². The van der Waals surface area contributed by atoms with E-state index in [0.29, 0.717) is 16.5 Å². The average molecular weight is 465 g/mol. The van der Waals surface area contributed by atoms with Crippen LogP contribution in [0.4, 0.5) is 5.69 Å². The summed E-state index contributed by atoms with van der Waals surface area (Å²) >= 11 is 2.71. The number of thioether (sulfide) groups is 1. The van der Waals surface area contributed by atoms with Gasteiger partial charge in [0.2, 0.25) is 0 Å². The third-order valence-corrected chi connectivity index (χ3v) is 5.96. The fraction of sp³-hybridized carbons (Fsp3) is 0.0476. The fourth-order valence-electron chi connectivity index (χ4n) is 2.81. The number of nitro groups is 1. The molecule has 0 radical (unpaired) electrons. The zero-order valence-electron chi connectivity index (χ0n) is 16.5. The molecule has 0 spiro atoms. The Bertz CT molecular complexity index is 1260. The molecule has 1 amide bonds. The van der Waals surface area contributed by atoms with Gasteiger partial charge in [-0.2, -0.15) is 5.10 Å². The number of carbonyl (C=O) groups excluding carboxylic acids is 1. The van der Waals surface area contributed by atoms with E-state index in [2.05, 4.69) is 20.7 Å². The van der Waals surface area contributed by atoms with Gasteiger partial charge in [0.15, 0.2) is 11.0 Å². The standard InChI is InChI=1S/C21H16N6O3S2/c28-19(23-22-13-18-10-5-11-31-18)14-32-21-25-24-20(26(21)16-7-2-1-3-8-16)15-6-4-9-17(12-15)27(29)30/h1-13H,14H2,(H,23,28). The molecule has 32 heavy (non-hydrogen) atoms. The largest absolute Gasteiger partial charge is 0.272 e. The minimum absolute atomic E-state index is 0.0395. The third kappa shape index (κ3) is 5.07. The Morgan fingerprint density at radius 3 is 2.75 bits per heavy atom. The highest BCUT2D eigenvalue weighted by molar-refractivity contribution is 7.99. The number of nitrogens with one attached hydrogen (secondary N) is 1. The summed E-state index contributed by atoms with van der Waals surface area (Å²) in [6.07, 6.45) is 1.58. The van der Waals surface area contributed by atoms with Crippen molar-refractivity contribution in [1.82, 2.24) is 20.2 Å². The molecule has 11 heteroatoms. The fourth-order valence-corrected chi connectivity index (χ4v) is 4.14. The molecule has 4 rings (SSSR count). The summed E-state index contributed by atoms with van der Waals surface area (Å²) < 4.78 is 1.77. The molecule has 4 aromatic rings. The Morgan fingerprint density at radius 2 is 2.00 bits per heavy atom. The monoisotopic (exact) mass is 464 g/mol. The van der Waals surface area contributed by atoms with Crippen LogP contribution in [0, 0.1) is 10.1 Å². The lowest BCUT2D eigenvalue weighted by Crippen LogP contribution is -2.19. The van der Waals surface area contributed by atoms with E-state index in [9.17, 15) is 14.9 Å². The van der Waals surface area contributed by atoms with Crippen LogP contribution >= 0.6 is 23.1 Å². The number of carbonyl (C=O) groups is 1. The van der Waals surface area contributed by atoms with Crippen LogP contribution in [-0.4, -0.2) is 37.6 Å². The maximum atomic E-state index is 12.2. The third-order valence-electron chi connectivity index (χ3n) is 4.22. The van der Waals surface area contributed by atoms with Crippen LogP contribution in [0.3, 0.4) is 0 Å². The topological polar surface area (TPSA) is 115 Å². The van der Waals surface area contributed by atoms with Crippen LogP contribution in [0.5, 0.6) is 0 Å². The molecule has 1 N–H and O–H groups in total. The van der Waals surface area contributed by atoms with Gasteiger partial charge >= 0.3 is 0 Å². The smallest absolute Gasteiger partial charge is 0.270 e. The number of hydrogen-bond acceptors (Lipinski definition) is 8. The van der Waals surface area contributed by atoms with Gasteiger partial charge in [-0.25, -0.2) is 5.43 Å². The number of aromatic nitrogens is 3. The first-order chi connectivity index (χ1) is 15.6. The van der Waals surface area contributed by atoms with Crippen molar-refractivity contribution in [2.45, 2.75) is 5.16 Å². The molecule has 0 aliphatic carbocycles. The van der Waals surface area contributed by atoms with Crippen LogP contribution in [0.1, 0.15) is 4.88 Å². The summed E-state index contributed by atoms with van der Waals surface area (Å²) in [5, 5.41) is 26.0. The van der Waals surface area contributed by atoms with Gasteiger partial charge in [0.25, 0.3) is 11.6 Å². The summed E-state index contributed by atoms with van der Waals surface area (Å²) in [6.45, 7) is 0. The summed E-state index contributed by atoms with van der Waals surface area (Å²) in [5.41, 5.74) is 3.78. The van der Waals surface area contributed by atoms with Gasteiger partial charge in [0, 0.05) is 28.3 Å². The molecule has 0 saturated carbocycles. The number of thiophene rings is 1. The quantitative estimate of drug-likeness (QED) is 0.181. The van der Waals surface area contributed by atoms with Crippen molar-refractivity contribution < 1.29 is 9.72 Å². The van der Waals surface area contributed by atoms with Gasteiger partial charge < -0.3 is 0 Å². The Balaban J connectivity index is 1.57. The lowest BCUT2D eigenvalue weighted by Gasteiger charge is -2.10. The zero-order valence-corrected chi connectivity index (χ0v) is 18.1. The van der Waals surface area contributed by atoms with Crippen molar-refractivity contribution in [3.05, 3.63) is 87.1 Å². The van der Waals surface area contributed by atoms with E-state index < -0.39 is 4.92 Å². The highest BCUT2D eigenvalue weighted by Crippen LogP contribution is 2.29. The molecular formula is C21H16N6O3S2. The SMILES string of the molecule is O=C(CSc1nnc(-c2cccc([N+](=O)[O-])c2)n1-c1ccccc1)NN=Cc1cccs1. The summed E-state index contributed by atoms with van der Waals surface area (Å²) in [7, 11) is 0. The van der Waals surface area contributed by atoms with E-state index >= 15 is 0 Å². The Morgan fingerprint density at radius 1 is 1.16 bits per heavy atom. The lowest BCUT2D eigenvalue weighted by atomic mass is 10.2. The van der Waals surface area contributed by atoms with Crippen molar-refractivity contribution >= 4 is 40.9 Å². The second-order valence-corrected chi connectivity index (χ2v) is 8.30. The number of para-hydroxylation sites is 1. The number of rotatable bonds is 8. The first-order valence-electron chi connectivity index (χ1n) is 9.35. The molecule has 160 valence electrons. The number of benzene rings is 2. The van der Waals surface area contributed by atoms with Crippen molar-refractivity contribution in [2.24, 2.45) is 5.10 Å². The molecule has 0 bridgehead atoms. The Kier molecular flexibility index (Phi) is 6.68. The van der Waals surface area contributed by atoms with Crippen LogP contribution in [0.25, 0.3) is 17.1 Å². The highest BCUT2D eigenvalue weighted by Gasteiger charge is 2.19. The number of nitrogens with zero attached hydrogens (tertiary/aromatic N) is 5. The van der Waals surface area contributed by atoms with Gasteiger partial charge in [-0.15, -0.1) is 21.5 Å². The summed E-state index contributed by atoms with van der Waals surface area (Å²) in [4.78, 5) is 23.9. The van der Waals surface area contributed by atoms with Gasteiger partial charge in [0.05, 0.1) is 16.9 Å². The maximum absolute atomic E-state index is 12.2. The highest BCUT2D eigenvalue weighted by atomic mass is 32.2. The predicted octanol–water partition coefficient (Wildman–Crippen LogP) is 4.15. The first kappa shape index (κ1) is 21.4. The normalized spacial score (nSPS) is 11.0. The van der Waals surface area contributed by atoms with Crippen molar-refractivity contribution in [3.63, 3.8) is 0 Å². The van der Waals surface area contributed by atoms with Crippen LogP contribution in [0.2, 0.25) is 0 Å². The van der Waals surface area contributed by atoms with Gasteiger partial charge in [-0.3, -0.25) is 19.5 Å². The van der Waals surface area contributed by atoms with E-state index in [1.807, 2.05) is 47.8 Å². The zero-order chi connectivity index (χ0) is 22.3. The molecule has 0 saturated heterocycles. The molecule has 0 atom stereocenters. The molecule has 0 aliphatic rings. The molecule has 9 nitrogen and oxygen atoms in total. The maximum Gasteiger partial charge on any atom is 0.270 e. The lowest BCUT2D eigenvalue weighted by molar-refractivity contribution is -0.384. The van der Waals surface area contributed by atoms with E-state index in [4.69, 9.17) is 0 Å². The molecule has 0 unspecified atom stereocenters. The first-order valence-corrected chi connectivity index (χ1v) is 11.2. The summed E-state index contributed by atoms with van der Waals surface area (Å²) in [5.74, 6) is 0.225. The minimum atomic E-state index is -0.455. The number of hydrazone groups is 1. The number of non-ortho nitro benzene ring substituents is 1. The van der Waals surface area contributed by atoms with Crippen LogP contribution < -0.4 is 5.43 Å². The predicted molar refractivity (Wildman–Crippen MR) is 124 cm³/mol.